The number of aromatic nitrogens is 2. The largest absolute Gasteiger partial charge is 0.497 e. The molecule has 4 rings (SSSR count). The number of carboxylic acids is 2. The number of methoxy groups -OCH3 is 2. The second kappa shape index (κ2) is 12.7. The molecule has 2 aromatic heterocycles. The van der Waals surface area contributed by atoms with Gasteiger partial charge >= 0.3 is 11.9 Å². The predicted octanol–water partition coefficient (Wildman–Crippen LogP) is 2.94. The van der Waals surface area contributed by atoms with E-state index in [1.807, 2.05) is 42.6 Å². The van der Waals surface area contributed by atoms with E-state index in [2.05, 4.69) is 15.5 Å². The smallest absolute Gasteiger partial charge is 0.414 e. The van der Waals surface area contributed by atoms with Crippen molar-refractivity contribution in [2.75, 3.05) is 33.9 Å². The van der Waals surface area contributed by atoms with Crippen LogP contribution in [0.3, 0.4) is 0 Å². The molecule has 0 radical (unpaired) electrons. The lowest BCUT2D eigenvalue weighted by Crippen LogP contribution is -2.34. The summed E-state index contributed by atoms with van der Waals surface area (Å²) >= 11 is 0. The zero-order valence-electron chi connectivity index (χ0n) is 19.9. The number of rotatable bonds is 8. The van der Waals surface area contributed by atoms with Gasteiger partial charge in [0.25, 0.3) is 0 Å². The van der Waals surface area contributed by atoms with Crippen LogP contribution in [0.4, 0.5) is 0 Å². The average molecular weight is 486 g/mol. The van der Waals surface area contributed by atoms with Crippen molar-refractivity contribution < 1.29 is 34.0 Å². The lowest BCUT2D eigenvalue weighted by atomic mass is 9.98. The Hall–Kier alpha value is -3.63. The number of carbonyl (C=O) groups is 2. The molecule has 35 heavy (non-hydrogen) atoms. The molecule has 1 aliphatic rings. The van der Waals surface area contributed by atoms with Crippen molar-refractivity contribution in [1.82, 2.24) is 14.3 Å². The van der Waals surface area contributed by atoms with Crippen molar-refractivity contribution in [3.05, 3.63) is 60.0 Å². The molecule has 0 aliphatic carbocycles. The summed E-state index contributed by atoms with van der Waals surface area (Å²) in [6.07, 6.45) is 6.50. The van der Waals surface area contributed by atoms with E-state index in [1.165, 1.54) is 0 Å². The fourth-order valence-electron chi connectivity index (χ4n) is 3.90. The van der Waals surface area contributed by atoms with Gasteiger partial charge in [0.1, 0.15) is 17.1 Å². The Morgan fingerprint density at radius 1 is 1.03 bits per heavy atom. The van der Waals surface area contributed by atoms with Gasteiger partial charge in [-0.3, -0.25) is 4.90 Å². The van der Waals surface area contributed by atoms with Gasteiger partial charge in [0, 0.05) is 31.6 Å². The van der Waals surface area contributed by atoms with Gasteiger partial charge in [-0.05, 0) is 61.7 Å². The predicted molar refractivity (Wildman–Crippen MR) is 128 cm³/mol. The van der Waals surface area contributed by atoms with Crippen LogP contribution in [-0.2, 0) is 27.5 Å². The normalized spacial score (nSPS) is 14.2. The van der Waals surface area contributed by atoms with Crippen molar-refractivity contribution in [3.63, 3.8) is 0 Å². The van der Waals surface area contributed by atoms with Crippen LogP contribution in [0.5, 0.6) is 11.5 Å². The third-order valence-corrected chi connectivity index (χ3v) is 5.72. The van der Waals surface area contributed by atoms with E-state index in [9.17, 15) is 0 Å². The lowest BCUT2D eigenvalue weighted by molar-refractivity contribution is -0.159. The van der Waals surface area contributed by atoms with E-state index in [1.54, 1.807) is 14.2 Å². The maximum atomic E-state index is 9.10. The minimum atomic E-state index is -1.82. The number of piperidine rings is 1. The van der Waals surface area contributed by atoms with E-state index in [4.69, 9.17) is 39.0 Å². The van der Waals surface area contributed by atoms with Crippen LogP contribution in [-0.4, -0.2) is 70.4 Å². The molecule has 10 nitrogen and oxygen atoms in total. The third-order valence-electron chi connectivity index (χ3n) is 5.72. The number of hydrogen-bond donors (Lipinski definition) is 2. The number of likely N-dealkylation sites (tertiary alicyclic amines) is 1. The summed E-state index contributed by atoms with van der Waals surface area (Å²) < 4.78 is 18.7. The molecule has 3 aromatic rings. The molecule has 188 valence electrons. The van der Waals surface area contributed by atoms with Crippen LogP contribution in [0.25, 0.3) is 5.65 Å². The lowest BCUT2D eigenvalue weighted by Gasteiger charge is -2.31. The van der Waals surface area contributed by atoms with E-state index >= 15 is 0 Å². The minimum Gasteiger partial charge on any atom is -0.497 e. The Morgan fingerprint density at radius 2 is 1.69 bits per heavy atom. The van der Waals surface area contributed by atoms with E-state index in [0.717, 1.165) is 67.5 Å². The van der Waals surface area contributed by atoms with Crippen molar-refractivity contribution in [3.8, 4) is 11.5 Å². The fourth-order valence-corrected chi connectivity index (χ4v) is 3.90. The van der Waals surface area contributed by atoms with Crippen LogP contribution in [0.15, 0.2) is 48.8 Å². The molecule has 10 heteroatoms. The summed E-state index contributed by atoms with van der Waals surface area (Å²) in [5.41, 5.74) is 3.23. The SMILES string of the molecule is COc1cc(COCC2CCN(Cc3cn4ccccc4n3)CC2)cc(OC)c1.O=C(O)C(=O)O. The van der Waals surface area contributed by atoms with E-state index in [0.29, 0.717) is 12.5 Å². The first-order valence-electron chi connectivity index (χ1n) is 11.3. The molecule has 1 fully saturated rings. The average Bonchev–Trinajstić information content (AvgIpc) is 3.27. The van der Waals surface area contributed by atoms with Gasteiger partial charge in [-0.15, -0.1) is 0 Å². The second-order valence-corrected chi connectivity index (χ2v) is 8.26. The highest BCUT2D eigenvalue weighted by molar-refractivity contribution is 6.27. The minimum absolute atomic E-state index is 0.578. The molecule has 1 aliphatic heterocycles. The fraction of sp³-hybridized carbons (Fsp3) is 0.400. The first-order valence-corrected chi connectivity index (χ1v) is 11.3. The molecule has 1 saturated heterocycles. The molecule has 0 unspecified atom stereocenters. The molecular weight excluding hydrogens is 454 g/mol. The summed E-state index contributed by atoms with van der Waals surface area (Å²) in [5, 5.41) is 14.8. The molecule has 0 amide bonds. The molecular formula is C25H31N3O7. The van der Waals surface area contributed by atoms with Crippen molar-refractivity contribution in [2.45, 2.75) is 26.0 Å². The Bertz CT molecular complexity index is 1060. The number of fused-ring (bicyclic) bond motifs is 1. The highest BCUT2D eigenvalue weighted by Crippen LogP contribution is 2.24. The molecule has 0 bridgehead atoms. The summed E-state index contributed by atoms with van der Waals surface area (Å²) in [7, 11) is 3.33. The van der Waals surface area contributed by atoms with Gasteiger partial charge in [0.15, 0.2) is 0 Å². The van der Waals surface area contributed by atoms with E-state index < -0.39 is 11.9 Å². The molecule has 0 atom stereocenters. The topological polar surface area (TPSA) is 123 Å². The van der Waals surface area contributed by atoms with Gasteiger partial charge in [0.05, 0.1) is 26.5 Å². The quantitative estimate of drug-likeness (QED) is 0.464. The summed E-state index contributed by atoms with van der Waals surface area (Å²) in [6.45, 7) is 4.47. The van der Waals surface area contributed by atoms with Crippen molar-refractivity contribution >= 4 is 17.6 Å². The van der Waals surface area contributed by atoms with Crippen molar-refractivity contribution in [1.29, 1.82) is 0 Å². The summed E-state index contributed by atoms with van der Waals surface area (Å²) in [5.74, 6) is -1.45. The first-order chi connectivity index (χ1) is 16.9. The molecule has 0 saturated carbocycles. The maximum absolute atomic E-state index is 9.10. The Labute approximate surface area is 203 Å². The Balaban J connectivity index is 0.000000509. The number of pyridine rings is 1. The zero-order valence-corrected chi connectivity index (χ0v) is 19.9. The van der Waals surface area contributed by atoms with Crippen LogP contribution in [0.2, 0.25) is 0 Å². The zero-order chi connectivity index (χ0) is 25.2. The molecule has 1 aromatic carbocycles. The highest BCUT2D eigenvalue weighted by atomic mass is 16.5. The standard InChI is InChI=1S/C23H29N3O3.C2H2O4/c1-27-21-11-19(12-22(13-21)28-2)17-29-16-18-6-9-25(10-7-18)14-20-15-26-8-4-3-5-23(26)24-20;3-1(4)2(5)6/h3-5,8,11-13,15,18H,6-7,9-10,14,16-17H2,1-2H3;(H,3,4)(H,5,6). The number of imidazole rings is 1. The second-order valence-electron chi connectivity index (χ2n) is 8.26. The number of nitrogens with zero attached hydrogens (tertiary/aromatic N) is 3. The van der Waals surface area contributed by atoms with Gasteiger partial charge in [0.2, 0.25) is 0 Å². The number of carboxylic acid groups (broad SMARTS) is 2. The molecule has 2 N–H and O–H groups in total. The monoisotopic (exact) mass is 485 g/mol. The van der Waals surface area contributed by atoms with Gasteiger partial charge in [-0.1, -0.05) is 6.07 Å². The van der Waals surface area contributed by atoms with E-state index in [-0.39, 0.29) is 0 Å². The number of benzene rings is 1. The highest BCUT2D eigenvalue weighted by Gasteiger charge is 2.20. The van der Waals surface area contributed by atoms with Crippen LogP contribution < -0.4 is 9.47 Å². The molecule has 3 heterocycles. The first kappa shape index (κ1) is 26.0. The van der Waals surface area contributed by atoms with Crippen LogP contribution >= 0.6 is 0 Å². The van der Waals surface area contributed by atoms with Gasteiger partial charge < -0.3 is 28.8 Å². The summed E-state index contributed by atoms with van der Waals surface area (Å²) in [4.78, 5) is 25.4. The van der Waals surface area contributed by atoms with Crippen LogP contribution in [0, 0.1) is 5.92 Å². The van der Waals surface area contributed by atoms with Gasteiger partial charge in [-0.2, -0.15) is 0 Å². The Morgan fingerprint density at radius 3 is 2.26 bits per heavy atom. The summed E-state index contributed by atoms with van der Waals surface area (Å²) in [6, 6.07) is 12.0. The Kier molecular flexibility index (Phi) is 9.45. The third kappa shape index (κ3) is 7.97. The maximum Gasteiger partial charge on any atom is 0.414 e. The van der Waals surface area contributed by atoms with Gasteiger partial charge in [-0.25, -0.2) is 14.6 Å². The molecule has 0 spiro atoms. The number of hydrogen-bond acceptors (Lipinski definition) is 7. The van der Waals surface area contributed by atoms with Crippen molar-refractivity contribution in [2.24, 2.45) is 5.92 Å². The number of ether oxygens (including phenoxy) is 3. The number of aliphatic carboxylic acids is 2. The van der Waals surface area contributed by atoms with Crippen LogP contribution in [0.1, 0.15) is 24.1 Å².